The van der Waals surface area contributed by atoms with E-state index < -0.39 is 8.56 Å². The van der Waals surface area contributed by atoms with E-state index >= 15 is 0 Å². The van der Waals surface area contributed by atoms with Gasteiger partial charge in [0.15, 0.2) is 0 Å². The van der Waals surface area contributed by atoms with E-state index in [1.807, 2.05) is 0 Å². The zero-order valence-electron chi connectivity index (χ0n) is 12.4. The van der Waals surface area contributed by atoms with E-state index in [2.05, 4.69) is 39.1 Å². The van der Waals surface area contributed by atoms with Crippen LogP contribution < -0.4 is 0 Å². The Kier molecular flexibility index (Phi) is 10.1. The van der Waals surface area contributed by atoms with Crippen molar-refractivity contribution in [3.8, 4) is 0 Å². The highest BCUT2D eigenvalue weighted by Crippen LogP contribution is 2.17. The minimum absolute atomic E-state index is 0.777. The maximum Gasteiger partial charge on any atom is 0.334 e. The molecule has 0 unspecified atom stereocenters. The summed E-state index contributed by atoms with van der Waals surface area (Å²) in [5, 5.41) is 0. The van der Waals surface area contributed by atoms with Crippen molar-refractivity contribution in [3.63, 3.8) is 0 Å². The van der Waals surface area contributed by atoms with Gasteiger partial charge in [0.1, 0.15) is 0 Å². The van der Waals surface area contributed by atoms with Crippen LogP contribution in [0.5, 0.6) is 0 Å². The van der Waals surface area contributed by atoms with Crippen LogP contribution in [0.4, 0.5) is 0 Å². The van der Waals surface area contributed by atoms with Crippen molar-refractivity contribution in [3.05, 3.63) is 0 Å². The average Bonchev–Trinajstić information content (AvgIpc) is 2.30. The SMILES string of the molecule is CCO[Si](C)(CCCCN(CC)CC)OCC. The highest BCUT2D eigenvalue weighted by molar-refractivity contribution is 6.66. The van der Waals surface area contributed by atoms with Gasteiger partial charge in [-0.15, -0.1) is 0 Å². The molecule has 104 valence electrons. The first-order valence-corrected chi connectivity index (χ1v) is 9.64. The molecule has 0 heterocycles. The Morgan fingerprint density at radius 3 is 1.82 bits per heavy atom. The second kappa shape index (κ2) is 10.1. The van der Waals surface area contributed by atoms with Crippen LogP contribution in [0.2, 0.25) is 12.6 Å². The van der Waals surface area contributed by atoms with Gasteiger partial charge in [0.25, 0.3) is 0 Å². The van der Waals surface area contributed by atoms with Crippen molar-refractivity contribution in [2.45, 2.75) is 53.1 Å². The molecule has 17 heavy (non-hydrogen) atoms. The minimum atomic E-state index is -1.86. The van der Waals surface area contributed by atoms with Gasteiger partial charge < -0.3 is 13.8 Å². The third kappa shape index (κ3) is 7.92. The van der Waals surface area contributed by atoms with Gasteiger partial charge in [-0.3, -0.25) is 0 Å². The highest BCUT2D eigenvalue weighted by atomic mass is 28.4. The highest BCUT2D eigenvalue weighted by Gasteiger charge is 2.29. The van der Waals surface area contributed by atoms with E-state index in [4.69, 9.17) is 8.85 Å². The molecule has 0 N–H and O–H groups in total. The molecule has 0 bridgehead atoms. The molecule has 0 aliphatic heterocycles. The first-order chi connectivity index (χ1) is 8.11. The summed E-state index contributed by atoms with van der Waals surface area (Å²) in [5.74, 6) is 0. The maximum atomic E-state index is 5.83. The molecule has 0 amide bonds. The Morgan fingerprint density at radius 2 is 1.41 bits per heavy atom. The number of unbranched alkanes of at least 4 members (excludes halogenated alkanes) is 1. The Hall–Kier alpha value is 0.0969. The lowest BCUT2D eigenvalue weighted by molar-refractivity contribution is 0.187. The van der Waals surface area contributed by atoms with Crippen LogP contribution in [0.3, 0.4) is 0 Å². The molecule has 0 spiro atoms. The van der Waals surface area contributed by atoms with Gasteiger partial charge in [-0.1, -0.05) is 20.3 Å². The molecular weight excluding hydrogens is 230 g/mol. The van der Waals surface area contributed by atoms with Crippen LogP contribution in [-0.2, 0) is 8.85 Å². The van der Waals surface area contributed by atoms with Crippen molar-refractivity contribution >= 4 is 8.56 Å². The quantitative estimate of drug-likeness (QED) is 0.421. The molecule has 0 aromatic carbocycles. The van der Waals surface area contributed by atoms with Crippen molar-refractivity contribution in [1.29, 1.82) is 0 Å². The third-order valence-electron chi connectivity index (χ3n) is 3.15. The monoisotopic (exact) mass is 261 g/mol. The number of nitrogens with zero attached hydrogens (tertiary/aromatic N) is 1. The van der Waals surface area contributed by atoms with Crippen molar-refractivity contribution in [1.82, 2.24) is 4.90 Å². The standard InChI is InChI=1S/C13H31NO2Si/c1-6-14(7-2)12-10-11-13-17(5,15-8-3)16-9-4/h6-13H2,1-5H3. The van der Waals surface area contributed by atoms with Crippen LogP contribution >= 0.6 is 0 Å². The van der Waals surface area contributed by atoms with Crippen LogP contribution in [0, 0.1) is 0 Å². The van der Waals surface area contributed by atoms with Gasteiger partial charge in [-0.05, 0) is 52.5 Å². The Labute approximate surface area is 109 Å². The largest absolute Gasteiger partial charge is 0.395 e. The van der Waals surface area contributed by atoms with E-state index in [-0.39, 0.29) is 0 Å². The fourth-order valence-electron chi connectivity index (χ4n) is 2.12. The number of rotatable bonds is 11. The molecule has 3 nitrogen and oxygen atoms in total. The molecule has 0 atom stereocenters. The third-order valence-corrected chi connectivity index (χ3v) is 6.21. The zero-order chi connectivity index (χ0) is 13.1. The maximum absolute atomic E-state index is 5.83. The molecule has 4 heteroatoms. The van der Waals surface area contributed by atoms with E-state index in [1.165, 1.54) is 19.4 Å². The van der Waals surface area contributed by atoms with Crippen LogP contribution in [0.15, 0.2) is 0 Å². The zero-order valence-corrected chi connectivity index (χ0v) is 13.4. The van der Waals surface area contributed by atoms with Gasteiger partial charge in [0.2, 0.25) is 0 Å². The minimum Gasteiger partial charge on any atom is -0.395 e. The van der Waals surface area contributed by atoms with Gasteiger partial charge in [0, 0.05) is 13.2 Å². The summed E-state index contributed by atoms with van der Waals surface area (Å²) in [6, 6.07) is 1.12. The van der Waals surface area contributed by atoms with Gasteiger partial charge in [-0.25, -0.2) is 0 Å². The van der Waals surface area contributed by atoms with Gasteiger partial charge in [0.05, 0.1) is 0 Å². The first kappa shape index (κ1) is 17.1. The molecule has 0 rings (SSSR count). The fourth-order valence-corrected chi connectivity index (χ4v) is 4.60. The summed E-state index contributed by atoms with van der Waals surface area (Å²) in [6.45, 7) is 15.8. The van der Waals surface area contributed by atoms with Crippen LogP contribution in [0.25, 0.3) is 0 Å². The Morgan fingerprint density at radius 1 is 0.882 bits per heavy atom. The van der Waals surface area contributed by atoms with Crippen LogP contribution in [-0.4, -0.2) is 46.3 Å². The second-order valence-corrected chi connectivity index (χ2v) is 7.83. The number of hydrogen-bond donors (Lipinski definition) is 0. The van der Waals surface area contributed by atoms with Gasteiger partial charge in [-0.2, -0.15) is 0 Å². The summed E-state index contributed by atoms with van der Waals surface area (Å²) in [7, 11) is -1.86. The summed E-state index contributed by atoms with van der Waals surface area (Å²) in [4.78, 5) is 2.47. The molecule has 0 radical (unpaired) electrons. The predicted molar refractivity (Wildman–Crippen MR) is 76.7 cm³/mol. The van der Waals surface area contributed by atoms with Crippen LogP contribution in [0.1, 0.15) is 40.5 Å². The van der Waals surface area contributed by atoms with E-state index in [1.54, 1.807) is 0 Å². The summed E-state index contributed by atoms with van der Waals surface area (Å²) >= 11 is 0. The van der Waals surface area contributed by atoms with E-state index in [9.17, 15) is 0 Å². The predicted octanol–water partition coefficient (Wildman–Crippen LogP) is 3.25. The lowest BCUT2D eigenvalue weighted by Gasteiger charge is -2.26. The molecule has 0 aliphatic rings. The van der Waals surface area contributed by atoms with Crippen molar-refractivity contribution < 1.29 is 8.85 Å². The molecule has 0 aromatic rings. The molecule has 0 aliphatic carbocycles. The summed E-state index contributed by atoms with van der Waals surface area (Å²) in [6.07, 6.45) is 2.48. The molecular formula is C13H31NO2Si. The topological polar surface area (TPSA) is 21.7 Å². The van der Waals surface area contributed by atoms with Crippen molar-refractivity contribution in [2.75, 3.05) is 32.8 Å². The first-order valence-electron chi connectivity index (χ1n) is 7.12. The smallest absolute Gasteiger partial charge is 0.334 e. The number of hydrogen-bond acceptors (Lipinski definition) is 3. The average molecular weight is 261 g/mol. The van der Waals surface area contributed by atoms with Gasteiger partial charge >= 0.3 is 8.56 Å². The molecule has 0 saturated carbocycles. The Bertz CT molecular complexity index is 169. The summed E-state index contributed by atoms with van der Waals surface area (Å²) < 4.78 is 11.7. The summed E-state index contributed by atoms with van der Waals surface area (Å²) in [5.41, 5.74) is 0. The van der Waals surface area contributed by atoms with E-state index in [0.717, 1.165) is 32.3 Å². The fraction of sp³-hybridized carbons (Fsp3) is 1.00. The lowest BCUT2D eigenvalue weighted by atomic mass is 10.3. The normalized spacial score (nSPS) is 12.4. The molecule has 0 fully saturated rings. The molecule has 0 saturated heterocycles. The van der Waals surface area contributed by atoms with Crippen molar-refractivity contribution in [2.24, 2.45) is 0 Å². The van der Waals surface area contributed by atoms with E-state index in [0.29, 0.717) is 0 Å². The lowest BCUT2D eigenvalue weighted by Crippen LogP contribution is -2.38. The second-order valence-electron chi connectivity index (χ2n) is 4.48. The molecule has 0 aromatic heterocycles. The Balaban J connectivity index is 3.81.